The van der Waals surface area contributed by atoms with E-state index in [1.54, 1.807) is 33.0 Å². The van der Waals surface area contributed by atoms with E-state index < -0.39 is 26.2 Å². The van der Waals surface area contributed by atoms with E-state index in [4.69, 9.17) is 16.3 Å². The number of carbonyl (C=O) groups is 1. The molecule has 0 aliphatic heterocycles. The Kier molecular flexibility index (Phi) is 4.79. The number of pyridine rings is 1. The zero-order valence-corrected chi connectivity index (χ0v) is 15.4. The fourth-order valence-electron chi connectivity index (χ4n) is 2.12. The van der Waals surface area contributed by atoms with Gasteiger partial charge in [-0.3, -0.25) is 0 Å². The van der Waals surface area contributed by atoms with Crippen LogP contribution in [-0.2, 0) is 24.1 Å². The molecule has 2 rings (SSSR count). The lowest BCUT2D eigenvalue weighted by atomic mass is 10.1. The van der Waals surface area contributed by atoms with Gasteiger partial charge in [0.25, 0.3) is 0 Å². The highest BCUT2D eigenvalue weighted by molar-refractivity contribution is 7.93. The van der Waals surface area contributed by atoms with Crippen molar-refractivity contribution >= 4 is 27.4 Å². The second kappa shape index (κ2) is 6.22. The van der Waals surface area contributed by atoms with E-state index in [0.29, 0.717) is 0 Å². The van der Waals surface area contributed by atoms with Gasteiger partial charge in [0.2, 0.25) is 14.6 Å². The van der Waals surface area contributed by atoms with E-state index in [2.05, 4.69) is 9.97 Å². The number of nitrogens with zero attached hydrogens (tertiary/aromatic N) is 1. The van der Waals surface area contributed by atoms with Gasteiger partial charge in [0.1, 0.15) is 10.8 Å². The Hall–Kier alpha value is -1.86. The lowest BCUT2D eigenvalue weighted by Crippen LogP contribution is -2.45. The van der Waals surface area contributed by atoms with Gasteiger partial charge in [-0.25, -0.2) is 18.2 Å². The van der Waals surface area contributed by atoms with Gasteiger partial charge in [-0.05, 0) is 52.0 Å². The van der Waals surface area contributed by atoms with Crippen LogP contribution in [0.2, 0.25) is 5.15 Å². The lowest BCUT2D eigenvalue weighted by molar-refractivity contribution is -0.158. The van der Waals surface area contributed by atoms with Gasteiger partial charge in [0.15, 0.2) is 0 Å². The van der Waals surface area contributed by atoms with Crippen LogP contribution < -0.4 is 0 Å². The molecule has 1 N–H and O–H groups in total. The summed E-state index contributed by atoms with van der Waals surface area (Å²) in [6, 6.07) is 5.83. The monoisotopic (exact) mass is 370 g/mol. The van der Waals surface area contributed by atoms with Gasteiger partial charge in [0, 0.05) is 18.1 Å². The van der Waals surface area contributed by atoms with Gasteiger partial charge < -0.3 is 9.72 Å². The lowest BCUT2D eigenvalue weighted by Gasteiger charge is -2.30. The second-order valence-electron chi connectivity index (χ2n) is 6.44. The van der Waals surface area contributed by atoms with E-state index in [9.17, 15) is 13.2 Å². The van der Waals surface area contributed by atoms with Crippen molar-refractivity contribution in [1.29, 1.82) is 0 Å². The van der Waals surface area contributed by atoms with Crippen molar-refractivity contribution in [1.82, 2.24) is 9.97 Å². The van der Waals surface area contributed by atoms with Gasteiger partial charge >= 0.3 is 5.97 Å². The molecule has 2 aromatic rings. The first-order valence-corrected chi connectivity index (χ1v) is 9.08. The molecule has 8 heteroatoms. The van der Waals surface area contributed by atoms with Crippen molar-refractivity contribution in [3.05, 3.63) is 47.5 Å². The Bertz CT molecular complexity index is 824. The van der Waals surface area contributed by atoms with Crippen LogP contribution in [0.25, 0.3) is 0 Å². The van der Waals surface area contributed by atoms with Crippen LogP contribution >= 0.6 is 11.6 Å². The highest BCUT2D eigenvalue weighted by Crippen LogP contribution is 2.37. The number of H-pyrrole nitrogens is 1. The number of sulfone groups is 1. The minimum Gasteiger partial charge on any atom is -0.458 e. The summed E-state index contributed by atoms with van der Waals surface area (Å²) in [5, 5.41) is 0.160. The molecule has 0 amide bonds. The number of aromatic nitrogens is 2. The van der Waals surface area contributed by atoms with Crippen molar-refractivity contribution in [3.8, 4) is 0 Å². The molecule has 0 fully saturated rings. The van der Waals surface area contributed by atoms with Gasteiger partial charge in [-0.2, -0.15) is 0 Å². The average molecular weight is 371 g/mol. The van der Waals surface area contributed by atoms with E-state index in [0.717, 1.165) is 6.20 Å². The predicted molar refractivity (Wildman–Crippen MR) is 90.4 cm³/mol. The fourth-order valence-corrected chi connectivity index (χ4v) is 3.82. The predicted octanol–water partition coefficient (Wildman–Crippen LogP) is 3.09. The largest absolute Gasteiger partial charge is 0.458 e. The summed E-state index contributed by atoms with van der Waals surface area (Å²) in [5.41, 5.74) is -0.620. The summed E-state index contributed by atoms with van der Waals surface area (Å²) in [7, 11) is -4.14. The van der Waals surface area contributed by atoms with Crippen LogP contribution in [-0.4, -0.2) is 30.0 Å². The zero-order chi connectivity index (χ0) is 18.2. The normalized spacial score (nSPS) is 14.9. The standard InChI is InChI=1S/C16H19ClN2O4S/c1-15(2,3)23-14(20)16(4,12-6-5-9-18-12)24(21,22)11-7-8-13(17)19-10-11/h5-10,18H,1-4H3. The van der Waals surface area contributed by atoms with Crippen LogP contribution in [0.1, 0.15) is 33.4 Å². The molecule has 0 radical (unpaired) electrons. The number of esters is 1. The quantitative estimate of drug-likeness (QED) is 0.659. The number of rotatable bonds is 4. The maximum Gasteiger partial charge on any atom is 0.334 e. The van der Waals surface area contributed by atoms with Crippen LogP contribution in [0.4, 0.5) is 0 Å². The number of carbonyl (C=O) groups excluding carboxylic acids is 1. The molecule has 0 spiro atoms. The van der Waals surface area contributed by atoms with Gasteiger partial charge in [-0.15, -0.1) is 0 Å². The molecule has 130 valence electrons. The minimum absolute atomic E-state index is 0.116. The van der Waals surface area contributed by atoms with E-state index >= 15 is 0 Å². The summed E-state index contributed by atoms with van der Waals surface area (Å²) in [4.78, 5) is 19.3. The maximum atomic E-state index is 13.2. The zero-order valence-electron chi connectivity index (χ0n) is 13.8. The van der Waals surface area contributed by atoms with Crippen LogP contribution in [0, 0.1) is 0 Å². The number of aromatic amines is 1. The highest BCUT2D eigenvalue weighted by Gasteiger charge is 2.52. The van der Waals surface area contributed by atoms with Crippen molar-refractivity contribution in [2.45, 2.75) is 42.9 Å². The number of hydrogen-bond donors (Lipinski definition) is 1. The summed E-state index contributed by atoms with van der Waals surface area (Å²) < 4.78 is 29.8. The first kappa shape index (κ1) is 18.5. The Balaban J connectivity index is 2.63. The molecule has 1 unspecified atom stereocenters. The Morgan fingerprint density at radius 3 is 2.33 bits per heavy atom. The molecule has 2 heterocycles. The first-order valence-electron chi connectivity index (χ1n) is 7.22. The third kappa shape index (κ3) is 3.32. The van der Waals surface area contributed by atoms with Crippen LogP contribution in [0.15, 0.2) is 41.6 Å². The SMILES string of the molecule is CC(C)(C)OC(=O)C(C)(c1ccc[nH]1)S(=O)(=O)c1ccc(Cl)nc1. The highest BCUT2D eigenvalue weighted by atomic mass is 35.5. The van der Waals surface area contributed by atoms with Crippen LogP contribution in [0.5, 0.6) is 0 Å². The van der Waals surface area contributed by atoms with Crippen molar-refractivity contribution in [2.24, 2.45) is 0 Å². The average Bonchev–Trinajstić information content (AvgIpc) is 2.99. The molecule has 0 saturated carbocycles. The van der Waals surface area contributed by atoms with Crippen molar-refractivity contribution in [3.63, 3.8) is 0 Å². The second-order valence-corrected chi connectivity index (χ2v) is 9.12. The van der Waals surface area contributed by atoms with Crippen molar-refractivity contribution in [2.75, 3.05) is 0 Å². The third-order valence-corrected chi connectivity index (χ3v) is 6.00. The first-order chi connectivity index (χ1) is 11.0. The molecule has 0 aromatic carbocycles. The van der Waals surface area contributed by atoms with Crippen LogP contribution in [0.3, 0.4) is 0 Å². The summed E-state index contributed by atoms with van der Waals surface area (Å²) >= 11 is 5.72. The third-order valence-electron chi connectivity index (χ3n) is 3.45. The molecule has 0 saturated heterocycles. The summed E-state index contributed by atoms with van der Waals surface area (Å²) in [6.45, 7) is 6.35. The van der Waals surface area contributed by atoms with Gasteiger partial charge in [0.05, 0.1) is 4.90 Å². The van der Waals surface area contributed by atoms with Crippen molar-refractivity contribution < 1.29 is 17.9 Å². The maximum absolute atomic E-state index is 13.2. The Morgan fingerprint density at radius 1 is 1.21 bits per heavy atom. The molecule has 0 bridgehead atoms. The molecule has 24 heavy (non-hydrogen) atoms. The van der Waals surface area contributed by atoms with E-state index in [1.165, 1.54) is 25.1 Å². The Labute approximate surface area is 146 Å². The molecular weight excluding hydrogens is 352 g/mol. The summed E-state index contributed by atoms with van der Waals surface area (Å²) in [6.07, 6.45) is 2.68. The number of hydrogen-bond acceptors (Lipinski definition) is 5. The van der Waals surface area contributed by atoms with Gasteiger partial charge in [-0.1, -0.05) is 11.6 Å². The van der Waals surface area contributed by atoms with E-state index in [1.807, 2.05) is 0 Å². The molecule has 1 atom stereocenters. The molecular formula is C16H19ClN2O4S. The molecule has 0 aliphatic carbocycles. The molecule has 0 aliphatic rings. The molecule has 2 aromatic heterocycles. The minimum atomic E-state index is -4.14. The smallest absolute Gasteiger partial charge is 0.334 e. The summed E-state index contributed by atoms with van der Waals surface area (Å²) in [5.74, 6) is -0.868. The van der Waals surface area contributed by atoms with E-state index in [-0.39, 0.29) is 15.7 Å². The number of nitrogens with one attached hydrogen (secondary N) is 1. The topological polar surface area (TPSA) is 89.1 Å². The fraction of sp³-hybridized carbons (Fsp3) is 0.375. The Morgan fingerprint density at radius 2 is 1.88 bits per heavy atom. The molecule has 6 nitrogen and oxygen atoms in total. The number of ether oxygens (including phenoxy) is 1. The number of halogens is 1.